The van der Waals surface area contributed by atoms with Crippen molar-refractivity contribution in [1.29, 1.82) is 0 Å². The molecule has 2 unspecified atom stereocenters. The number of nitrogens with one attached hydrogen (secondary N) is 1. The summed E-state index contributed by atoms with van der Waals surface area (Å²) in [6.07, 6.45) is 3.48. The van der Waals surface area contributed by atoms with Gasteiger partial charge in [0.15, 0.2) is 0 Å². The predicted octanol–water partition coefficient (Wildman–Crippen LogP) is 2.51. The monoisotopic (exact) mass is 342 g/mol. The van der Waals surface area contributed by atoms with E-state index in [1.165, 1.54) is 6.26 Å². The molecule has 1 aromatic rings. The van der Waals surface area contributed by atoms with Gasteiger partial charge in [-0.3, -0.25) is 0 Å². The predicted molar refractivity (Wildman–Crippen MR) is 89.0 cm³/mol. The molecule has 2 atom stereocenters. The minimum absolute atomic E-state index is 0.0534. The van der Waals surface area contributed by atoms with Crippen molar-refractivity contribution in [2.45, 2.75) is 39.2 Å². The van der Waals surface area contributed by atoms with Gasteiger partial charge in [0.1, 0.15) is 21.4 Å². The second kappa shape index (κ2) is 7.38. The highest BCUT2D eigenvalue weighted by molar-refractivity contribution is 7.90. The van der Waals surface area contributed by atoms with Gasteiger partial charge in [0.2, 0.25) is 0 Å². The summed E-state index contributed by atoms with van der Waals surface area (Å²) in [6, 6.07) is 3.64. The largest absolute Gasteiger partial charge is 0.464 e. The Hall–Kier alpha value is -1.50. The van der Waals surface area contributed by atoms with E-state index in [0.29, 0.717) is 25.4 Å². The lowest BCUT2D eigenvalue weighted by molar-refractivity contribution is 0.119. The lowest BCUT2D eigenvalue weighted by Crippen LogP contribution is -2.46. The van der Waals surface area contributed by atoms with Crippen LogP contribution in [0.5, 0.6) is 0 Å². The Morgan fingerprint density at radius 1 is 1.43 bits per heavy atom. The van der Waals surface area contributed by atoms with Gasteiger partial charge in [0.25, 0.3) is 0 Å². The summed E-state index contributed by atoms with van der Waals surface area (Å²) < 4.78 is 28.0. The molecule has 0 radical (unpaired) electrons. The SMILES string of the molecule is Cc1ccc(C2CC(C)CCN2C(=O)NCCCS(C)(=O)=O)o1. The number of piperidine rings is 1. The van der Waals surface area contributed by atoms with Gasteiger partial charge in [0.05, 0.1) is 11.8 Å². The molecule has 2 heterocycles. The zero-order chi connectivity index (χ0) is 17.0. The zero-order valence-corrected chi connectivity index (χ0v) is 14.9. The minimum Gasteiger partial charge on any atom is -0.464 e. The molecule has 1 fully saturated rings. The summed E-state index contributed by atoms with van der Waals surface area (Å²) in [7, 11) is -2.99. The Morgan fingerprint density at radius 2 is 2.17 bits per heavy atom. The molecule has 1 saturated heterocycles. The molecule has 2 rings (SSSR count). The number of carbonyl (C=O) groups excluding carboxylic acids is 1. The van der Waals surface area contributed by atoms with Crippen molar-refractivity contribution in [3.63, 3.8) is 0 Å². The number of sulfone groups is 1. The Morgan fingerprint density at radius 3 is 2.78 bits per heavy atom. The van der Waals surface area contributed by atoms with Crippen LogP contribution in [-0.4, -0.2) is 44.4 Å². The average Bonchev–Trinajstić information content (AvgIpc) is 2.89. The number of nitrogens with zero attached hydrogens (tertiary/aromatic N) is 1. The first-order chi connectivity index (χ1) is 10.8. The van der Waals surface area contributed by atoms with Crippen LogP contribution in [0.25, 0.3) is 0 Å². The molecule has 23 heavy (non-hydrogen) atoms. The van der Waals surface area contributed by atoms with Gasteiger partial charge in [0, 0.05) is 19.3 Å². The highest BCUT2D eigenvalue weighted by Crippen LogP contribution is 2.34. The number of aryl methyl sites for hydroxylation is 1. The Labute approximate surface area is 138 Å². The van der Waals surface area contributed by atoms with Crippen molar-refractivity contribution in [2.75, 3.05) is 25.1 Å². The van der Waals surface area contributed by atoms with Crippen LogP contribution in [0.15, 0.2) is 16.5 Å². The van der Waals surface area contributed by atoms with Gasteiger partial charge in [-0.15, -0.1) is 0 Å². The third kappa shape index (κ3) is 5.27. The van der Waals surface area contributed by atoms with Crippen LogP contribution in [0.4, 0.5) is 4.79 Å². The maximum atomic E-state index is 12.4. The number of hydrogen-bond acceptors (Lipinski definition) is 4. The molecule has 1 N–H and O–H groups in total. The van der Waals surface area contributed by atoms with Crippen LogP contribution in [0.2, 0.25) is 0 Å². The van der Waals surface area contributed by atoms with Crippen LogP contribution >= 0.6 is 0 Å². The first-order valence-electron chi connectivity index (χ1n) is 8.05. The van der Waals surface area contributed by atoms with Crippen molar-refractivity contribution >= 4 is 15.9 Å². The first kappa shape index (κ1) is 17.8. The van der Waals surface area contributed by atoms with Crippen LogP contribution in [0.1, 0.15) is 43.7 Å². The molecule has 7 heteroatoms. The lowest BCUT2D eigenvalue weighted by Gasteiger charge is -2.37. The molecule has 0 bridgehead atoms. The standard InChI is InChI=1S/C16H26N2O4S/c1-12-7-9-18(14(11-12)15-6-5-13(2)22-15)16(19)17-8-4-10-23(3,20)21/h5-6,12,14H,4,7-11H2,1-3H3,(H,17,19). The summed E-state index contributed by atoms with van der Waals surface area (Å²) in [5.41, 5.74) is 0. The normalized spacial score (nSPS) is 22.1. The number of likely N-dealkylation sites (tertiary alicyclic amines) is 1. The molecule has 2 amide bonds. The van der Waals surface area contributed by atoms with Crippen molar-refractivity contribution in [3.05, 3.63) is 23.7 Å². The first-order valence-corrected chi connectivity index (χ1v) is 10.1. The molecule has 0 aliphatic carbocycles. The number of furan rings is 1. The van der Waals surface area contributed by atoms with Gasteiger partial charge in [-0.25, -0.2) is 13.2 Å². The van der Waals surface area contributed by atoms with E-state index in [1.54, 1.807) is 4.90 Å². The van der Waals surface area contributed by atoms with Crippen LogP contribution in [-0.2, 0) is 9.84 Å². The molecular weight excluding hydrogens is 316 g/mol. The smallest absolute Gasteiger partial charge is 0.318 e. The molecule has 0 aromatic carbocycles. The fraction of sp³-hybridized carbons (Fsp3) is 0.688. The number of hydrogen-bond donors (Lipinski definition) is 1. The summed E-state index contributed by atoms with van der Waals surface area (Å²) in [6.45, 7) is 5.13. The molecule has 1 aliphatic rings. The maximum absolute atomic E-state index is 12.4. The van der Waals surface area contributed by atoms with E-state index in [9.17, 15) is 13.2 Å². The van der Waals surface area contributed by atoms with E-state index in [4.69, 9.17) is 4.42 Å². The van der Waals surface area contributed by atoms with E-state index >= 15 is 0 Å². The molecule has 0 spiro atoms. The van der Waals surface area contributed by atoms with Crippen molar-refractivity contribution in [3.8, 4) is 0 Å². The van der Waals surface area contributed by atoms with E-state index in [0.717, 1.165) is 24.4 Å². The number of urea groups is 1. The highest BCUT2D eigenvalue weighted by atomic mass is 32.2. The summed E-state index contributed by atoms with van der Waals surface area (Å²) in [4.78, 5) is 14.2. The third-order valence-electron chi connectivity index (χ3n) is 4.18. The van der Waals surface area contributed by atoms with E-state index in [2.05, 4.69) is 12.2 Å². The van der Waals surface area contributed by atoms with Gasteiger partial charge >= 0.3 is 6.03 Å². The van der Waals surface area contributed by atoms with Gasteiger partial charge < -0.3 is 14.6 Å². The van der Waals surface area contributed by atoms with E-state index in [-0.39, 0.29) is 17.8 Å². The molecule has 130 valence electrons. The van der Waals surface area contributed by atoms with Gasteiger partial charge in [-0.2, -0.15) is 0 Å². The second-order valence-electron chi connectivity index (χ2n) is 6.50. The number of rotatable bonds is 5. The van der Waals surface area contributed by atoms with Crippen molar-refractivity contribution in [2.24, 2.45) is 5.92 Å². The maximum Gasteiger partial charge on any atom is 0.318 e. The molecule has 6 nitrogen and oxygen atoms in total. The fourth-order valence-electron chi connectivity index (χ4n) is 2.92. The summed E-state index contributed by atoms with van der Waals surface area (Å²) in [5, 5.41) is 2.83. The molecule has 1 aromatic heterocycles. The summed E-state index contributed by atoms with van der Waals surface area (Å²) in [5.74, 6) is 2.29. The Bertz CT molecular complexity index is 638. The Balaban J connectivity index is 1.96. The van der Waals surface area contributed by atoms with Crippen molar-refractivity contribution < 1.29 is 17.6 Å². The summed E-state index contributed by atoms with van der Waals surface area (Å²) >= 11 is 0. The minimum atomic E-state index is -2.99. The number of carbonyl (C=O) groups is 1. The molecule has 0 saturated carbocycles. The Kier molecular flexibility index (Phi) is 5.73. The third-order valence-corrected chi connectivity index (χ3v) is 5.21. The fourth-order valence-corrected chi connectivity index (χ4v) is 3.59. The van der Waals surface area contributed by atoms with Crippen LogP contribution < -0.4 is 5.32 Å². The molecular formula is C16H26N2O4S. The quantitative estimate of drug-likeness (QED) is 0.834. The second-order valence-corrected chi connectivity index (χ2v) is 8.76. The van der Waals surface area contributed by atoms with Crippen LogP contribution in [0, 0.1) is 12.8 Å². The van der Waals surface area contributed by atoms with Gasteiger partial charge in [-0.1, -0.05) is 6.92 Å². The highest BCUT2D eigenvalue weighted by Gasteiger charge is 2.32. The van der Waals surface area contributed by atoms with Gasteiger partial charge in [-0.05, 0) is 44.2 Å². The molecule has 1 aliphatic heterocycles. The number of amides is 2. The average molecular weight is 342 g/mol. The zero-order valence-electron chi connectivity index (χ0n) is 14.0. The van der Waals surface area contributed by atoms with E-state index in [1.807, 2.05) is 19.1 Å². The van der Waals surface area contributed by atoms with E-state index < -0.39 is 9.84 Å². The van der Waals surface area contributed by atoms with Crippen LogP contribution in [0.3, 0.4) is 0 Å². The van der Waals surface area contributed by atoms with Crippen molar-refractivity contribution in [1.82, 2.24) is 10.2 Å². The topological polar surface area (TPSA) is 79.6 Å². The lowest BCUT2D eigenvalue weighted by atomic mass is 9.91.